The molecule has 0 saturated heterocycles. The zero-order valence-corrected chi connectivity index (χ0v) is 12.7. The van der Waals surface area contributed by atoms with Gasteiger partial charge in [-0.3, -0.25) is 0 Å². The first-order valence-corrected chi connectivity index (χ1v) is 8.80. The summed E-state index contributed by atoms with van der Waals surface area (Å²) in [7, 11) is 0. The first-order chi connectivity index (χ1) is 8.33. The van der Waals surface area contributed by atoms with E-state index >= 15 is 0 Å². The summed E-state index contributed by atoms with van der Waals surface area (Å²) in [6.45, 7) is 0. The van der Waals surface area contributed by atoms with Crippen LogP contribution in [0.3, 0.4) is 0 Å². The minimum absolute atomic E-state index is 0.168. The number of hydrogen-bond acceptors (Lipinski definition) is 3. The Hall–Kier alpha value is -0.701. The van der Waals surface area contributed by atoms with Gasteiger partial charge in [0.15, 0.2) is 0 Å². The van der Waals surface area contributed by atoms with E-state index in [9.17, 15) is 0 Å². The van der Waals surface area contributed by atoms with Crippen molar-refractivity contribution in [2.24, 2.45) is 0 Å². The Labute approximate surface area is 115 Å². The van der Waals surface area contributed by atoms with Crippen molar-refractivity contribution in [1.29, 1.82) is 0 Å². The normalized spacial score (nSPS) is 10.6. The third-order valence-corrected chi connectivity index (χ3v) is 5.40. The van der Waals surface area contributed by atoms with Crippen LogP contribution in [0.2, 0.25) is 5.02 Å². The van der Waals surface area contributed by atoms with Crippen molar-refractivity contribution < 1.29 is 0 Å². The molecule has 0 unspecified atom stereocenters. The number of rotatable bonds is 2. The van der Waals surface area contributed by atoms with Gasteiger partial charge >= 0.3 is 116 Å². The molecule has 2 heterocycles. The molecule has 2 aromatic heterocycles. The Bertz CT molecular complexity index is 616. The van der Waals surface area contributed by atoms with E-state index in [0.29, 0.717) is 0 Å². The number of nitrogens with zero attached hydrogens (tertiary/aromatic N) is 3. The summed E-state index contributed by atoms with van der Waals surface area (Å²) in [5.74, 6) is 0. The first kappa shape index (κ1) is 11.4. The van der Waals surface area contributed by atoms with Crippen LogP contribution in [0.25, 0.3) is 21.5 Å². The van der Waals surface area contributed by atoms with Crippen LogP contribution in [0.1, 0.15) is 0 Å². The number of hydrogen-bond donors (Lipinski definition) is 0. The molecule has 0 aliphatic heterocycles. The molecular formula is C11H6ClN3Se2. The SMILES string of the molecule is Clc1ccc(-c2nc(-c3c[se]nn3)c[se]2)cc1. The van der Waals surface area contributed by atoms with Crippen molar-refractivity contribution in [3.63, 3.8) is 0 Å². The molecule has 3 rings (SSSR count). The summed E-state index contributed by atoms with van der Waals surface area (Å²) in [5, 5.41) is 4.84. The van der Waals surface area contributed by atoms with E-state index in [0.717, 1.165) is 26.5 Å². The Kier molecular flexibility index (Phi) is 3.28. The molecule has 0 amide bonds. The van der Waals surface area contributed by atoms with Gasteiger partial charge in [0.05, 0.1) is 0 Å². The molecule has 0 N–H and O–H groups in total. The van der Waals surface area contributed by atoms with Crippen LogP contribution in [-0.2, 0) is 0 Å². The summed E-state index contributed by atoms with van der Waals surface area (Å²) in [5.41, 5.74) is 3.04. The molecule has 0 spiro atoms. The summed E-state index contributed by atoms with van der Waals surface area (Å²) in [6, 6.07) is 7.80. The molecule has 0 saturated carbocycles. The first-order valence-electron chi connectivity index (χ1n) is 4.82. The van der Waals surface area contributed by atoms with Crippen molar-refractivity contribution in [2.75, 3.05) is 0 Å². The molecule has 0 bridgehead atoms. The number of benzene rings is 1. The summed E-state index contributed by atoms with van der Waals surface area (Å²) >= 11 is 6.31. The minimum atomic E-state index is 0.168. The molecule has 0 radical (unpaired) electrons. The van der Waals surface area contributed by atoms with Gasteiger partial charge in [-0.2, -0.15) is 0 Å². The molecule has 1 aromatic carbocycles. The van der Waals surface area contributed by atoms with Crippen molar-refractivity contribution in [2.45, 2.75) is 0 Å². The second-order valence-electron chi connectivity index (χ2n) is 3.33. The number of halogens is 1. The Morgan fingerprint density at radius 3 is 2.53 bits per heavy atom. The maximum atomic E-state index is 5.87. The van der Waals surface area contributed by atoms with Gasteiger partial charge in [0, 0.05) is 0 Å². The predicted octanol–water partition coefficient (Wildman–Crippen LogP) is 1.97. The van der Waals surface area contributed by atoms with Crippen LogP contribution in [0.5, 0.6) is 0 Å². The molecular weight excluding hydrogens is 368 g/mol. The van der Waals surface area contributed by atoms with Crippen molar-refractivity contribution in [3.05, 3.63) is 39.2 Å². The molecule has 0 aliphatic carbocycles. The average molecular weight is 374 g/mol. The van der Waals surface area contributed by atoms with Crippen LogP contribution in [-0.4, -0.2) is 43.4 Å². The van der Waals surface area contributed by atoms with E-state index in [4.69, 9.17) is 11.6 Å². The van der Waals surface area contributed by atoms with E-state index in [1.165, 1.54) is 0 Å². The monoisotopic (exact) mass is 375 g/mol. The molecule has 84 valence electrons. The van der Waals surface area contributed by atoms with E-state index in [1.54, 1.807) is 0 Å². The molecule has 17 heavy (non-hydrogen) atoms. The van der Waals surface area contributed by atoms with E-state index in [2.05, 4.69) is 24.1 Å². The van der Waals surface area contributed by atoms with Crippen molar-refractivity contribution >= 4 is 40.8 Å². The molecule has 0 fully saturated rings. The predicted molar refractivity (Wildman–Crippen MR) is 69.6 cm³/mol. The molecule has 3 aromatic rings. The third kappa shape index (κ3) is 2.44. The second-order valence-corrected chi connectivity index (χ2v) is 6.85. The topological polar surface area (TPSA) is 38.7 Å². The Morgan fingerprint density at radius 2 is 1.82 bits per heavy atom. The van der Waals surface area contributed by atoms with E-state index in [-0.39, 0.29) is 29.2 Å². The third-order valence-electron chi connectivity index (χ3n) is 2.22. The van der Waals surface area contributed by atoms with Gasteiger partial charge in [0.1, 0.15) is 0 Å². The molecule has 6 heteroatoms. The average Bonchev–Trinajstić information content (AvgIpc) is 3.00. The Morgan fingerprint density at radius 1 is 1.00 bits per heavy atom. The van der Waals surface area contributed by atoms with Gasteiger partial charge in [-0.25, -0.2) is 0 Å². The van der Waals surface area contributed by atoms with Crippen LogP contribution in [0.15, 0.2) is 34.1 Å². The van der Waals surface area contributed by atoms with Crippen LogP contribution < -0.4 is 0 Å². The van der Waals surface area contributed by atoms with Gasteiger partial charge in [-0.05, 0) is 0 Å². The number of aromatic nitrogens is 3. The van der Waals surface area contributed by atoms with E-state index in [1.807, 2.05) is 24.3 Å². The molecule has 0 atom stereocenters. The quantitative estimate of drug-likeness (QED) is 0.645. The fourth-order valence-electron chi connectivity index (χ4n) is 1.39. The van der Waals surface area contributed by atoms with Gasteiger partial charge in [-0.1, -0.05) is 0 Å². The molecule has 0 aliphatic rings. The van der Waals surface area contributed by atoms with Gasteiger partial charge in [0.2, 0.25) is 0 Å². The Balaban J connectivity index is 1.98. The standard InChI is InChI=1S/C11H6ClN3Se2/c12-8-3-1-7(2-4-8)11-13-9(5-16-11)10-6-17-15-14-10/h1-6H. The zero-order chi connectivity index (χ0) is 11.7. The van der Waals surface area contributed by atoms with Crippen molar-refractivity contribution in [1.82, 2.24) is 14.2 Å². The maximum absolute atomic E-state index is 5.87. The summed E-state index contributed by atoms with van der Waals surface area (Å²) < 4.78 is 5.12. The fraction of sp³-hybridized carbons (Fsp3) is 0. The second kappa shape index (κ2) is 4.89. The van der Waals surface area contributed by atoms with Gasteiger partial charge in [-0.15, -0.1) is 0 Å². The zero-order valence-electron chi connectivity index (χ0n) is 8.50. The summed E-state index contributed by atoms with van der Waals surface area (Å²) in [6.07, 6.45) is 0. The van der Waals surface area contributed by atoms with Crippen molar-refractivity contribution in [3.8, 4) is 21.5 Å². The van der Waals surface area contributed by atoms with E-state index < -0.39 is 0 Å². The van der Waals surface area contributed by atoms with Crippen LogP contribution in [0.4, 0.5) is 0 Å². The fourth-order valence-corrected chi connectivity index (χ4v) is 4.18. The molecule has 3 nitrogen and oxygen atoms in total. The van der Waals surface area contributed by atoms with Gasteiger partial charge in [0.25, 0.3) is 0 Å². The van der Waals surface area contributed by atoms with Crippen LogP contribution >= 0.6 is 11.6 Å². The van der Waals surface area contributed by atoms with Gasteiger partial charge < -0.3 is 0 Å². The summed E-state index contributed by atoms with van der Waals surface area (Å²) in [4.78, 5) is 8.84. The van der Waals surface area contributed by atoms with Crippen LogP contribution in [0, 0.1) is 0 Å².